The van der Waals surface area contributed by atoms with Gasteiger partial charge in [0.15, 0.2) is 5.96 Å². The molecule has 0 radical (unpaired) electrons. The van der Waals surface area contributed by atoms with Crippen molar-refractivity contribution >= 4 is 36.0 Å². The Morgan fingerprint density at radius 2 is 1.90 bits per heavy atom. The van der Waals surface area contributed by atoms with Crippen LogP contribution in [0.3, 0.4) is 0 Å². The number of hydrogen-bond donors (Lipinski definition) is 2. The van der Waals surface area contributed by atoms with Crippen molar-refractivity contribution in [3.05, 3.63) is 29.8 Å². The third kappa shape index (κ3) is 8.67. The standard InChI is InChI=1S/C21H34N4O3.HI/c1-4-22-20(23-14-11-17-9-7-8-10-19(17)27-5-2)24-18-12-15-25(16-13-18)21(26)28-6-3;/h7-10,18H,4-6,11-16H2,1-3H3,(H2,22,23,24);1H. The molecule has 0 aliphatic carbocycles. The van der Waals surface area contributed by atoms with E-state index < -0.39 is 0 Å². The third-order valence-electron chi connectivity index (χ3n) is 4.63. The van der Waals surface area contributed by atoms with Crippen LogP contribution in [0.2, 0.25) is 0 Å². The molecule has 2 rings (SSSR count). The number of hydrogen-bond acceptors (Lipinski definition) is 4. The normalized spacial score (nSPS) is 14.7. The van der Waals surface area contributed by atoms with E-state index in [1.54, 1.807) is 4.90 Å². The Balaban J connectivity index is 0.00000420. The van der Waals surface area contributed by atoms with Gasteiger partial charge in [-0.25, -0.2) is 4.79 Å². The first-order valence-corrected chi connectivity index (χ1v) is 10.3. The van der Waals surface area contributed by atoms with Crippen LogP contribution in [-0.4, -0.2) is 62.4 Å². The van der Waals surface area contributed by atoms with Gasteiger partial charge in [-0.2, -0.15) is 0 Å². The van der Waals surface area contributed by atoms with Gasteiger partial charge < -0.3 is 25.0 Å². The molecule has 0 spiro atoms. The zero-order chi connectivity index (χ0) is 20.2. The summed E-state index contributed by atoms with van der Waals surface area (Å²) in [4.78, 5) is 18.3. The predicted octanol–water partition coefficient (Wildman–Crippen LogP) is 3.42. The minimum absolute atomic E-state index is 0. The van der Waals surface area contributed by atoms with Gasteiger partial charge in [0.25, 0.3) is 0 Å². The number of nitrogens with zero attached hydrogens (tertiary/aromatic N) is 2. The van der Waals surface area contributed by atoms with Crippen molar-refractivity contribution in [2.24, 2.45) is 4.99 Å². The molecular weight excluding hydrogens is 483 g/mol. The highest BCUT2D eigenvalue weighted by Gasteiger charge is 2.24. The number of ether oxygens (including phenoxy) is 2. The van der Waals surface area contributed by atoms with Crippen molar-refractivity contribution in [3.63, 3.8) is 0 Å². The number of likely N-dealkylation sites (tertiary alicyclic amines) is 1. The van der Waals surface area contributed by atoms with Gasteiger partial charge in [-0.3, -0.25) is 4.99 Å². The molecule has 1 aliphatic heterocycles. The van der Waals surface area contributed by atoms with Crippen molar-refractivity contribution in [3.8, 4) is 5.75 Å². The highest BCUT2D eigenvalue weighted by atomic mass is 127. The molecule has 1 aromatic rings. The van der Waals surface area contributed by atoms with E-state index in [0.717, 1.165) is 37.5 Å². The smallest absolute Gasteiger partial charge is 0.409 e. The minimum Gasteiger partial charge on any atom is -0.494 e. The van der Waals surface area contributed by atoms with Crippen LogP contribution in [0.25, 0.3) is 0 Å². The molecule has 29 heavy (non-hydrogen) atoms. The lowest BCUT2D eigenvalue weighted by Crippen LogP contribution is -2.50. The molecule has 1 aromatic carbocycles. The van der Waals surface area contributed by atoms with E-state index in [1.165, 1.54) is 5.56 Å². The van der Waals surface area contributed by atoms with E-state index in [9.17, 15) is 4.79 Å². The molecule has 1 heterocycles. The Bertz CT molecular complexity index is 634. The first kappa shape index (κ1) is 25.3. The number of para-hydroxylation sites is 1. The van der Waals surface area contributed by atoms with Gasteiger partial charge in [-0.15, -0.1) is 24.0 Å². The second-order valence-corrected chi connectivity index (χ2v) is 6.66. The molecule has 2 N–H and O–H groups in total. The Kier molecular flexibility index (Phi) is 12.5. The maximum absolute atomic E-state index is 11.8. The number of aliphatic imine (C=N–C) groups is 1. The van der Waals surface area contributed by atoms with E-state index in [4.69, 9.17) is 14.5 Å². The van der Waals surface area contributed by atoms with Crippen molar-refractivity contribution in [1.29, 1.82) is 0 Å². The SMILES string of the molecule is CCNC(=NCCc1ccccc1OCC)NC1CCN(C(=O)OCC)CC1.I. The molecule has 1 saturated heterocycles. The zero-order valence-corrected chi connectivity index (χ0v) is 20.1. The molecule has 1 fully saturated rings. The lowest BCUT2D eigenvalue weighted by Gasteiger charge is -2.32. The summed E-state index contributed by atoms with van der Waals surface area (Å²) in [6, 6.07) is 8.42. The maximum Gasteiger partial charge on any atom is 0.409 e. The second-order valence-electron chi connectivity index (χ2n) is 6.66. The van der Waals surface area contributed by atoms with Crippen molar-refractivity contribution in [2.45, 2.75) is 46.1 Å². The van der Waals surface area contributed by atoms with Gasteiger partial charge in [0.05, 0.1) is 13.2 Å². The van der Waals surface area contributed by atoms with E-state index in [0.29, 0.717) is 38.9 Å². The number of carbonyl (C=O) groups excluding carboxylic acids is 1. The van der Waals surface area contributed by atoms with Crippen molar-refractivity contribution in [1.82, 2.24) is 15.5 Å². The fraction of sp³-hybridized carbons (Fsp3) is 0.619. The van der Waals surface area contributed by atoms with Gasteiger partial charge in [0, 0.05) is 32.2 Å². The molecule has 164 valence electrons. The summed E-state index contributed by atoms with van der Waals surface area (Å²) in [5.74, 6) is 1.76. The van der Waals surface area contributed by atoms with Gasteiger partial charge >= 0.3 is 6.09 Å². The van der Waals surface area contributed by atoms with Crippen LogP contribution in [0, 0.1) is 0 Å². The molecule has 1 aliphatic rings. The minimum atomic E-state index is -0.213. The average Bonchev–Trinajstić information content (AvgIpc) is 2.70. The maximum atomic E-state index is 11.8. The Morgan fingerprint density at radius 3 is 2.55 bits per heavy atom. The van der Waals surface area contributed by atoms with Gasteiger partial charge in [-0.1, -0.05) is 18.2 Å². The quantitative estimate of drug-likeness (QED) is 0.314. The van der Waals surface area contributed by atoms with E-state index >= 15 is 0 Å². The Labute approximate surface area is 191 Å². The molecular formula is C21H35IN4O3. The van der Waals surface area contributed by atoms with Gasteiger partial charge in [-0.05, 0) is 51.7 Å². The summed E-state index contributed by atoms with van der Waals surface area (Å²) in [7, 11) is 0. The Hall–Kier alpha value is -1.71. The lowest BCUT2D eigenvalue weighted by molar-refractivity contribution is 0.0963. The summed E-state index contributed by atoms with van der Waals surface area (Å²) in [5.41, 5.74) is 1.17. The van der Waals surface area contributed by atoms with Crippen LogP contribution < -0.4 is 15.4 Å². The number of guanidine groups is 1. The highest BCUT2D eigenvalue weighted by molar-refractivity contribution is 14.0. The largest absolute Gasteiger partial charge is 0.494 e. The number of halogens is 1. The molecule has 0 atom stereocenters. The predicted molar refractivity (Wildman–Crippen MR) is 127 cm³/mol. The third-order valence-corrected chi connectivity index (χ3v) is 4.63. The topological polar surface area (TPSA) is 75.2 Å². The molecule has 0 aromatic heterocycles. The van der Waals surface area contributed by atoms with E-state index in [-0.39, 0.29) is 30.1 Å². The summed E-state index contributed by atoms with van der Waals surface area (Å²) < 4.78 is 10.8. The molecule has 1 amide bonds. The fourth-order valence-corrected chi connectivity index (χ4v) is 3.23. The number of benzene rings is 1. The van der Waals surface area contributed by atoms with Crippen LogP contribution in [0.15, 0.2) is 29.3 Å². The van der Waals surface area contributed by atoms with E-state index in [2.05, 4.69) is 23.6 Å². The monoisotopic (exact) mass is 518 g/mol. The molecule has 8 heteroatoms. The summed E-state index contributed by atoms with van der Waals surface area (Å²) in [6.07, 6.45) is 2.38. The number of rotatable bonds is 8. The van der Waals surface area contributed by atoms with Gasteiger partial charge in [0.1, 0.15) is 5.75 Å². The lowest BCUT2D eigenvalue weighted by atomic mass is 10.1. The van der Waals surface area contributed by atoms with Crippen LogP contribution in [0.5, 0.6) is 5.75 Å². The van der Waals surface area contributed by atoms with E-state index in [1.807, 2.05) is 32.0 Å². The van der Waals surface area contributed by atoms with Crippen molar-refractivity contribution < 1.29 is 14.3 Å². The molecule has 0 bridgehead atoms. The molecule has 7 nitrogen and oxygen atoms in total. The highest BCUT2D eigenvalue weighted by Crippen LogP contribution is 2.18. The summed E-state index contributed by atoms with van der Waals surface area (Å²) >= 11 is 0. The zero-order valence-electron chi connectivity index (χ0n) is 17.8. The fourth-order valence-electron chi connectivity index (χ4n) is 3.23. The summed E-state index contributed by atoms with van der Waals surface area (Å²) in [5, 5.41) is 6.82. The number of nitrogens with one attached hydrogen (secondary N) is 2. The Morgan fingerprint density at radius 1 is 1.17 bits per heavy atom. The van der Waals surface area contributed by atoms with Gasteiger partial charge in [0.2, 0.25) is 0 Å². The van der Waals surface area contributed by atoms with Crippen LogP contribution in [0.1, 0.15) is 39.2 Å². The van der Waals surface area contributed by atoms with Crippen molar-refractivity contribution in [2.75, 3.05) is 39.4 Å². The number of carbonyl (C=O) groups is 1. The van der Waals surface area contributed by atoms with Crippen LogP contribution in [-0.2, 0) is 11.2 Å². The number of amides is 1. The summed E-state index contributed by atoms with van der Waals surface area (Å²) in [6.45, 7) is 9.87. The average molecular weight is 518 g/mol. The van der Waals surface area contributed by atoms with Crippen LogP contribution >= 0.6 is 24.0 Å². The number of piperidine rings is 1. The second kappa shape index (κ2) is 14.3. The molecule has 0 unspecified atom stereocenters. The first-order chi connectivity index (χ1) is 13.7. The molecule has 0 saturated carbocycles. The first-order valence-electron chi connectivity index (χ1n) is 10.3. The van der Waals surface area contributed by atoms with Crippen LogP contribution in [0.4, 0.5) is 4.79 Å².